The molecule has 0 bridgehead atoms. The second-order valence-corrected chi connectivity index (χ2v) is 6.27. The summed E-state index contributed by atoms with van der Waals surface area (Å²) in [5.41, 5.74) is 1.32. The van der Waals surface area contributed by atoms with Gasteiger partial charge in [-0.25, -0.2) is 0 Å². The lowest BCUT2D eigenvalue weighted by Crippen LogP contribution is -2.30. The highest BCUT2D eigenvalue weighted by atomic mass is 79.9. The number of halogens is 1. The van der Waals surface area contributed by atoms with Gasteiger partial charge in [-0.15, -0.1) is 0 Å². The fraction of sp³-hybridized carbons (Fsp3) is 0.625. The lowest BCUT2D eigenvalue weighted by atomic mass is 9.97. The second-order valence-electron chi connectivity index (χ2n) is 5.35. The summed E-state index contributed by atoms with van der Waals surface area (Å²) in [4.78, 5) is 0. The molecule has 1 aliphatic rings. The lowest BCUT2D eigenvalue weighted by molar-refractivity contribution is 0.252. The monoisotopic (exact) mass is 325 g/mol. The van der Waals surface area contributed by atoms with E-state index in [-0.39, 0.29) is 0 Å². The molecular weight excluding hydrogens is 302 g/mol. The third-order valence-corrected chi connectivity index (χ3v) is 4.22. The molecule has 2 rings (SSSR count). The molecule has 1 aromatic carbocycles. The molecule has 0 radical (unpaired) electrons. The van der Waals surface area contributed by atoms with Crippen molar-refractivity contribution in [1.29, 1.82) is 0 Å². The van der Waals surface area contributed by atoms with Crippen molar-refractivity contribution in [2.24, 2.45) is 5.92 Å². The van der Waals surface area contributed by atoms with Gasteiger partial charge in [0.05, 0.1) is 6.61 Å². The molecule has 2 nitrogen and oxygen atoms in total. The smallest absolute Gasteiger partial charge is 0.122 e. The van der Waals surface area contributed by atoms with Gasteiger partial charge in [0.15, 0.2) is 0 Å². The topological polar surface area (TPSA) is 21.3 Å². The number of benzene rings is 1. The number of piperidine rings is 1. The summed E-state index contributed by atoms with van der Waals surface area (Å²) in [6, 6.07) is 6.34. The van der Waals surface area contributed by atoms with Gasteiger partial charge >= 0.3 is 0 Å². The third-order valence-electron chi connectivity index (χ3n) is 3.72. The average Bonchev–Trinajstić information content (AvgIpc) is 2.43. The molecule has 1 N–H and O–H groups in total. The van der Waals surface area contributed by atoms with Crippen LogP contribution in [0, 0.1) is 5.92 Å². The Kier molecular flexibility index (Phi) is 6.18. The third kappa shape index (κ3) is 4.81. The molecule has 19 heavy (non-hydrogen) atoms. The van der Waals surface area contributed by atoms with Gasteiger partial charge < -0.3 is 10.1 Å². The molecular formula is C16H24BrNO. The van der Waals surface area contributed by atoms with Crippen LogP contribution in [0.1, 0.15) is 38.2 Å². The number of rotatable bonds is 6. The Morgan fingerprint density at radius 1 is 1.42 bits per heavy atom. The zero-order valence-electron chi connectivity index (χ0n) is 11.8. The maximum atomic E-state index is 6.00. The second kappa shape index (κ2) is 7.91. The van der Waals surface area contributed by atoms with Crippen molar-refractivity contribution in [1.82, 2.24) is 5.32 Å². The van der Waals surface area contributed by atoms with Crippen molar-refractivity contribution in [3.8, 4) is 5.75 Å². The van der Waals surface area contributed by atoms with Gasteiger partial charge in [0.2, 0.25) is 0 Å². The highest BCUT2D eigenvalue weighted by Crippen LogP contribution is 2.25. The zero-order valence-corrected chi connectivity index (χ0v) is 13.3. The molecule has 0 aliphatic carbocycles. The number of hydrogen-bond donors (Lipinski definition) is 1. The minimum Gasteiger partial charge on any atom is -0.493 e. The average molecular weight is 326 g/mol. The Labute approximate surface area is 125 Å². The van der Waals surface area contributed by atoms with Crippen molar-refractivity contribution in [2.45, 2.75) is 39.0 Å². The number of hydrogen-bond acceptors (Lipinski definition) is 2. The summed E-state index contributed by atoms with van der Waals surface area (Å²) < 4.78 is 7.14. The summed E-state index contributed by atoms with van der Waals surface area (Å²) in [5.74, 6) is 1.85. The van der Waals surface area contributed by atoms with E-state index in [1.165, 1.54) is 24.9 Å². The van der Waals surface area contributed by atoms with E-state index in [1.807, 2.05) is 0 Å². The molecule has 1 aromatic rings. The van der Waals surface area contributed by atoms with E-state index in [4.69, 9.17) is 4.74 Å². The van der Waals surface area contributed by atoms with E-state index < -0.39 is 0 Å². The maximum absolute atomic E-state index is 6.00. The molecule has 0 aromatic heterocycles. The van der Waals surface area contributed by atoms with Crippen molar-refractivity contribution >= 4 is 15.9 Å². The van der Waals surface area contributed by atoms with Crippen molar-refractivity contribution in [2.75, 3.05) is 19.7 Å². The number of ether oxygens (including phenoxy) is 1. The Morgan fingerprint density at radius 3 is 3.05 bits per heavy atom. The molecule has 1 aliphatic heterocycles. The van der Waals surface area contributed by atoms with Crippen molar-refractivity contribution in [3.63, 3.8) is 0 Å². The fourth-order valence-electron chi connectivity index (χ4n) is 2.66. The van der Waals surface area contributed by atoms with Crippen LogP contribution in [0.3, 0.4) is 0 Å². The first-order valence-corrected chi connectivity index (χ1v) is 8.21. The molecule has 1 unspecified atom stereocenters. The Bertz CT molecular complexity index is 388. The van der Waals surface area contributed by atoms with Gasteiger partial charge in [0, 0.05) is 4.47 Å². The van der Waals surface area contributed by atoms with Gasteiger partial charge in [-0.3, -0.25) is 0 Å². The minimum absolute atomic E-state index is 0.791. The summed E-state index contributed by atoms with van der Waals surface area (Å²) in [6.45, 7) is 5.39. The molecule has 0 amide bonds. The van der Waals surface area contributed by atoms with Crippen LogP contribution < -0.4 is 10.1 Å². The van der Waals surface area contributed by atoms with Crippen LogP contribution in [0.25, 0.3) is 0 Å². The van der Waals surface area contributed by atoms with Crippen LogP contribution in [0.2, 0.25) is 0 Å². The zero-order chi connectivity index (χ0) is 13.5. The van der Waals surface area contributed by atoms with E-state index in [9.17, 15) is 0 Å². The largest absolute Gasteiger partial charge is 0.493 e. The summed E-state index contributed by atoms with van der Waals surface area (Å²) >= 11 is 3.53. The van der Waals surface area contributed by atoms with Crippen molar-refractivity contribution in [3.05, 3.63) is 28.2 Å². The van der Waals surface area contributed by atoms with Crippen LogP contribution in [-0.4, -0.2) is 19.7 Å². The quantitative estimate of drug-likeness (QED) is 0.847. The van der Waals surface area contributed by atoms with E-state index in [2.05, 4.69) is 46.4 Å². The van der Waals surface area contributed by atoms with Crippen LogP contribution in [0.5, 0.6) is 5.75 Å². The van der Waals surface area contributed by atoms with Crippen molar-refractivity contribution < 1.29 is 4.74 Å². The van der Waals surface area contributed by atoms with E-state index >= 15 is 0 Å². The maximum Gasteiger partial charge on any atom is 0.122 e. The van der Waals surface area contributed by atoms with E-state index in [1.54, 1.807) is 0 Å². The van der Waals surface area contributed by atoms with Gasteiger partial charge in [-0.1, -0.05) is 29.3 Å². The summed E-state index contributed by atoms with van der Waals surface area (Å²) in [6.07, 6.45) is 6.05. The molecule has 1 atom stereocenters. The number of aryl methyl sites for hydroxylation is 1. The van der Waals surface area contributed by atoms with E-state index in [0.29, 0.717) is 0 Å². The van der Waals surface area contributed by atoms with Crippen LogP contribution in [-0.2, 0) is 6.42 Å². The molecule has 106 valence electrons. The van der Waals surface area contributed by atoms with Gasteiger partial charge in [0.25, 0.3) is 0 Å². The van der Waals surface area contributed by atoms with Gasteiger partial charge in [-0.2, -0.15) is 0 Å². The fourth-order valence-corrected chi connectivity index (χ4v) is 3.07. The van der Waals surface area contributed by atoms with Gasteiger partial charge in [-0.05, 0) is 68.5 Å². The van der Waals surface area contributed by atoms with Crippen LogP contribution in [0.4, 0.5) is 0 Å². The standard InChI is InChI=1S/C16H24BrNO/c1-2-4-14-11-15(17)6-7-16(14)19-10-8-13-5-3-9-18-12-13/h6-7,11,13,18H,2-5,8-10,12H2,1H3. The highest BCUT2D eigenvalue weighted by Gasteiger charge is 2.13. The Balaban J connectivity index is 1.84. The SMILES string of the molecule is CCCc1cc(Br)ccc1OCCC1CCCNC1. The molecule has 1 saturated heterocycles. The molecule has 1 fully saturated rings. The molecule has 0 saturated carbocycles. The predicted molar refractivity (Wildman–Crippen MR) is 83.8 cm³/mol. The first-order chi connectivity index (χ1) is 9.29. The van der Waals surface area contributed by atoms with E-state index in [0.717, 1.165) is 48.6 Å². The molecule has 0 spiro atoms. The lowest BCUT2D eigenvalue weighted by Gasteiger charge is -2.22. The summed E-state index contributed by atoms with van der Waals surface area (Å²) in [7, 11) is 0. The molecule has 3 heteroatoms. The van der Waals surface area contributed by atoms with Crippen LogP contribution in [0.15, 0.2) is 22.7 Å². The first-order valence-electron chi connectivity index (χ1n) is 7.41. The predicted octanol–water partition coefficient (Wildman–Crippen LogP) is 4.17. The Hall–Kier alpha value is -0.540. The molecule has 1 heterocycles. The highest BCUT2D eigenvalue weighted by molar-refractivity contribution is 9.10. The van der Waals surface area contributed by atoms with Gasteiger partial charge in [0.1, 0.15) is 5.75 Å². The Morgan fingerprint density at radius 2 is 2.32 bits per heavy atom. The normalized spacial score (nSPS) is 19.4. The first kappa shape index (κ1) is 14.9. The minimum atomic E-state index is 0.791. The summed E-state index contributed by atoms with van der Waals surface area (Å²) in [5, 5.41) is 3.46. The number of nitrogens with one attached hydrogen (secondary N) is 1. The van der Waals surface area contributed by atoms with Crippen LogP contribution >= 0.6 is 15.9 Å².